The molecule has 3 aromatic heterocycles. The van der Waals surface area contributed by atoms with Crippen LogP contribution in [0.15, 0.2) is 48.9 Å². The Balaban J connectivity index is 1.20. The van der Waals surface area contributed by atoms with Crippen molar-refractivity contribution in [1.82, 2.24) is 20.3 Å². The predicted molar refractivity (Wildman–Crippen MR) is 134 cm³/mol. The molecule has 9 heteroatoms. The van der Waals surface area contributed by atoms with Gasteiger partial charge in [-0.3, -0.25) is 4.79 Å². The van der Waals surface area contributed by atoms with E-state index in [9.17, 15) is 9.18 Å². The molecule has 35 heavy (non-hydrogen) atoms. The van der Waals surface area contributed by atoms with Crippen LogP contribution in [0, 0.1) is 25.6 Å². The molecule has 0 spiro atoms. The predicted octanol–water partition coefficient (Wildman–Crippen LogP) is 5.17. The van der Waals surface area contributed by atoms with E-state index in [0.29, 0.717) is 11.6 Å². The number of pyridine rings is 1. The molecule has 180 valence electrons. The highest BCUT2D eigenvalue weighted by Gasteiger charge is 2.27. The minimum absolute atomic E-state index is 0.0144. The molecular weight excluding hydrogens is 465 g/mol. The number of piperidine rings is 1. The van der Waals surface area contributed by atoms with E-state index in [1.807, 2.05) is 6.07 Å². The van der Waals surface area contributed by atoms with Crippen molar-refractivity contribution in [2.24, 2.45) is 5.92 Å². The molecular formula is C26H26FN5O2S. The number of carbonyl (C=O) groups is 1. The summed E-state index contributed by atoms with van der Waals surface area (Å²) >= 11 is 1.69. The third kappa shape index (κ3) is 4.95. The summed E-state index contributed by atoms with van der Waals surface area (Å²) in [6.45, 7) is 6.04. The van der Waals surface area contributed by atoms with Crippen LogP contribution in [0.5, 0.6) is 11.6 Å². The largest absolute Gasteiger partial charge is 0.439 e. The van der Waals surface area contributed by atoms with Crippen molar-refractivity contribution in [3.05, 3.63) is 70.7 Å². The van der Waals surface area contributed by atoms with Crippen LogP contribution in [0.2, 0.25) is 0 Å². The van der Waals surface area contributed by atoms with Gasteiger partial charge >= 0.3 is 0 Å². The van der Waals surface area contributed by atoms with Crippen molar-refractivity contribution < 1.29 is 13.9 Å². The first-order chi connectivity index (χ1) is 17.0. The maximum atomic E-state index is 13.5. The van der Waals surface area contributed by atoms with Crippen LogP contribution in [-0.2, 0) is 11.3 Å². The number of nitrogens with zero attached hydrogens (tertiary/aromatic N) is 4. The number of ether oxygens (including phenoxy) is 1. The summed E-state index contributed by atoms with van der Waals surface area (Å²) in [5, 5.41) is 4.15. The lowest BCUT2D eigenvalue weighted by molar-refractivity contribution is -0.125. The number of aryl methyl sites for hydroxylation is 2. The second-order valence-corrected chi connectivity index (χ2v) is 9.87. The van der Waals surface area contributed by atoms with Crippen molar-refractivity contribution in [3.8, 4) is 11.6 Å². The van der Waals surface area contributed by atoms with Gasteiger partial charge in [-0.15, -0.1) is 11.3 Å². The van der Waals surface area contributed by atoms with Gasteiger partial charge in [-0.1, -0.05) is 12.1 Å². The van der Waals surface area contributed by atoms with Crippen molar-refractivity contribution in [2.45, 2.75) is 33.2 Å². The van der Waals surface area contributed by atoms with Crippen LogP contribution in [0.1, 0.15) is 28.8 Å². The number of aromatic nitrogens is 3. The second-order valence-electron chi connectivity index (χ2n) is 8.67. The molecule has 4 aromatic rings. The lowest BCUT2D eigenvalue weighted by Gasteiger charge is -2.32. The van der Waals surface area contributed by atoms with E-state index in [0.717, 1.165) is 47.5 Å². The third-order valence-electron chi connectivity index (χ3n) is 6.42. The number of halogens is 1. The number of anilines is 1. The number of thiophene rings is 1. The van der Waals surface area contributed by atoms with Crippen LogP contribution in [0.25, 0.3) is 10.2 Å². The number of benzene rings is 1. The van der Waals surface area contributed by atoms with Crippen molar-refractivity contribution in [2.75, 3.05) is 18.0 Å². The molecule has 0 bridgehead atoms. The Kier molecular flexibility index (Phi) is 6.59. The number of fused-ring (bicyclic) bond motifs is 1. The highest BCUT2D eigenvalue weighted by Crippen LogP contribution is 2.35. The number of rotatable bonds is 6. The van der Waals surface area contributed by atoms with Gasteiger partial charge in [0.2, 0.25) is 11.8 Å². The number of carbonyl (C=O) groups excluding carboxylic acids is 1. The number of hydrogen-bond acceptors (Lipinski definition) is 7. The molecule has 1 amide bonds. The highest BCUT2D eigenvalue weighted by atomic mass is 32.1. The molecule has 1 aromatic carbocycles. The summed E-state index contributed by atoms with van der Waals surface area (Å²) in [6.07, 6.45) is 4.73. The fourth-order valence-corrected chi connectivity index (χ4v) is 5.37. The van der Waals surface area contributed by atoms with Gasteiger partial charge < -0.3 is 15.0 Å². The van der Waals surface area contributed by atoms with Gasteiger partial charge in [-0.25, -0.2) is 19.3 Å². The average molecular weight is 492 g/mol. The molecule has 1 fully saturated rings. The van der Waals surface area contributed by atoms with E-state index < -0.39 is 0 Å². The third-order valence-corrected chi connectivity index (χ3v) is 7.54. The Morgan fingerprint density at radius 3 is 2.80 bits per heavy atom. The zero-order valence-corrected chi connectivity index (χ0v) is 20.4. The van der Waals surface area contributed by atoms with Crippen molar-refractivity contribution in [3.63, 3.8) is 0 Å². The Morgan fingerprint density at radius 2 is 2.00 bits per heavy atom. The minimum Gasteiger partial charge on any atom is -0.439 e. The fraction of sp³-hybridized carbons (Fsp3) is 0.308. The first-order valence-electron chi connectivity index (χ1n) is 11.6. The van der Waals surface area contributed by atoms with Crippen LogP contribution in [0.4, 0.5) is 10.2 Å². The summed E-state index contributed by atoms with van der Waals surface area (Å²) in [6, 6.07) is 9.53. The standard InChI is InChI=1S/C26H26FN5O2S/c1-16-17(2)35-26-22(16)23(30-15-31-26)32-11-8-18(9-12-32)24(33)29-14-19-5-4-10-28-25(19)34-21-7-3-6-20(27)13-21/h3-7,10,13,15,18H,8-9,11-12,14H2,1-2H3,(H,29,33). The average Bonchev–Trinajstić information content (AvgIpc) is 3.17. The molecule has 1 aliphatic heterocycles. The number of amides is 1. The molecule has 0 saturated carbocycles. The van der Waals surface area contributed by atoms with Gasteiger partial charge in [0.1, 0.15) is 28.5 Å². The lowest BCUT2D eigenvalue weighted by atomic mass is 9.95. The molecule has 4 heterocycles. The first kappa shape index (κ1) is 23.2. The number of hydrogen-bond donors (Lipinski definition) is 1. The first-order valence-corrected chi connectivity index (χ1v) is 12.4. The smallest absolute Gasteiger partial charge is 0.224 e. The van der Waals surface area contributed by atoms with E-state index in [1.54, 1.807) is 42.1 Å². The Bertz CT molecular complexity index is 1370. The molecule has 0 unspecified atom stereocenters. The zero-order chi connectivity index (χ0) is 24.4. The monoisotopic (exact) mass is 491 g/mol. The molecule has 0 aliphatic carbocycles. The topological polar surface area (TPSA) is 80.2 Å². The molecule has 1 N–H and O–H groups in total. The van der Waals surface area contributed by atoms with E-state index in [2.05, 4.69) is 39.0 Å². The summed E-state index contributed by atoms with van der Waals surface area (Å²) in [5.41, 5.74) is 1.96. The summed E-state index contributed by atoms with van der Waals surface area (Å²) < 4.78 is 19.3. The Labute approximate surface area is 207 Å². The van der Waals surface area contributed by atoms with Crippen molar-refractivity contribution in [1.29, 1.82) is 0 Å². The summed E-state index contributed by atoms with van der Waals surface area (Å²) in [4.78, 5) is 30.7. The van der Waals surface area contributed by atoms with Gasteiger partial charge in [0.05, 0.1) is 5.39 Å². The normalized spacial score (nSPS) is 14.3. The molecule has 7 nitrogen and oxygen atoms in total. The zero-order valence-electron chi connectivity index (χ0n) is 19.6. The van der Waals surface area contributed by atoms with Crippen LogP contribution < -0.4 is 15.0 Å². The molecule has 0 radical (unpaired) electrons. The summed E-state index contributed by atoms with van der Waals surface area (Å²) in [7, 11) is 0. The maximum absolute atomic E-state index is 13.5. The van der Waals surface area contributed by atoms with E-state index >= 15 is 0 Å². The van der Waals surface area contributed by atoms with Crippen molar-refractivity contribution >= 4 is 33.3 Å². The van der Waals surface area contributed by atoms with Gasteiger partial charge in [0, 0.05) is 48.3 Å². The lowest BCUT2D eigenvalue weighted by Crippen LogP contribution is -2.40. The highest BCUT2D eigenvalue weighted by molar-refractivity contribution is 7.18. The molecule has 1 saturated heterocycles. The fourth-order valence-electron chi connectivity index (χ4n) is 4.38. The molecule has 0 atom stereocenters. The van der Waals surface area contributed by atoms with Crippen LogP contribution in [0.3, 0.4) is 0 Å². The molecule has 1 aliphatic rings. The van der Waals surface area contributed by atoms with Crippen LogP contribution in [-0.4, -0.2) is 33.9 Å². The quantitative estimate of drug-likeness (QED) is 0.401. The molecule has 5 rings (SSSR count). The number of nitrogens with one attached hydrogen (secondary N) is 1. The van der Waals surface area contributed by atoms with Gasteiger partial charge in [0.25, 0.3) is 0 Å². The van der Waals surface area contributed by atoms with Gasteiger partial charge in [-0.05, 0) is 50.5 Å². The second kappa shape index (κ2) is 9.95. The Morgan fingerprint density at radius 1 is 1.17 bits per heavy atom. The van der Waals surface area contributed by atoms with E-state index in [1.165, 1.54) is 22.6 Å². The van der Waals surface area contributed by atoms with Crippen LogP contribution >= 0.6 is 11.3 Å². The Hall–Kier alpha value is -3.59. The van der Waals surface area contributed by atoms with Gasteiger partial charge in [0.15, 0.2) is 0 Å². The summed E-state index contributed by atoms with van der Waals surface area (Å²) in [5.74, 6) is 1.23. The minimum atomic E-state index is -0.383. The van der Waals surface area contributed by atoms with E-state index in [4.69, 9.17) is 4.74 Å². The maximum Gasteiger partial charge on any atom is 0.224 e. The van der Waals surface area contributed by atoms with E-state index in [-0.39, 0.29) is 24.2 Å². The van der Waals surface area contributed by atoms with Gasteiger partial charge in [-0.2, -0.15) is 0 Å². The SMILES string of the molecule is Cc1sc2ncnc(N3CCC(C(=O)NCc4cccnc4Oc4cccc(F)c4)CC3)c2c1C.